The van der Waals surface area contributed by atoms with Gasteiger partial charge >= 0.3 is 6.61 Å². The summed E-state index contributed by atoms with van der Waals surface area (Å²) in [5, 5.41) is 8.04. The Morgan fingerprint density at radius 2 is 2.00 bits per heavy atom. The number of nitrogens with zero attached hydrogens (tertiary/aromatic N) is 3. The van der Waals surface area contributed by atoms with E-state index in [0.29, 0.717) is 11.3 Å². The van der Waals surface area contributed by atoms with Gasteiger partial charge in [0.2, 0.25) is 5.91 Å². The van der Waals surface area contributed by atoms with Gasteiger partial charge in [-0.3, -0.25) is 4.79 Å². The number of ether oxygens (including phenoxy) is 1. The molecule has 6 nitrogen and oxygen atoms in total. The van der Waals surface area contributed by atoms with Crippen LogP contribution in [0.15, 0.2) is 54.7 Å². The Hall–Kier alpha value is -3.52. The van der Waals surface area contributed by atoms with E-state index in [1.807, 2.05) is 38.1 Å². The molecule has 2 heterocycles. The lowest BCUT2D eigenvalue weighted by Crippen LogP contribution is -2.19. The molecule has 0 saturated heterocycles. The topological polar surface area (TPSA) is 69.0 Å². The van der Waals surface area contributed by atoms with Gasteiger partial charge in [-0.15, -0.1) is 0 Å². The molecule has 1 amide bonds. The molecule has 2 aromatic carbocycles. The van der Waals surface area contributed by atoms with Crippen LogP contribution in [0.2, 0.25) is 5.02 Å². The zero-order valence-corrected chi connectivity index (χ0v) is 18.0. The van der Waals surface area contributed by atoms with Crippen LogP contribution in [0.4, 0.5) is 14.5 Å². The number of pyridine rings is 1. The molecule has 0 radical (unpaired) electrons. The predicted octanol–water partition coefficient (Wildman–Crippen LogP) is 5.61. The van der Waals surface area contributed by atoms with Gasteiger partial charge in [0, 0.05) is 17.3 Å². The van der Waals surface area contributed by atoms with Gasteiger partial charge in [0.1, 0.15) is 12.3 Å². The number of benzene rings is 2. The molecule has 0 unspecified atom stereocenters. The number of alkyl halides is 2. The molecule has 4 aromatic rings. The highest BCUT2D eigenvalue weighted by Crippen LogP contribution is 2.31. The first-order chi connectivity index (χ1) is 15.3. The molecule has 0 aliphatic carbocycles. The van der Waals surface area contributed by atoms with Gasteiger partial charge in [-0.05, 0) is 49.2 Å². The van der Waals surface area contributed by atoms with Crippen molar-refractivity contribution >= 4 is 34.2 Å². The molecule has 4 rings (SSSR count). The predicted molar refractivity (Wildman–Crippen MR) is 119 cm³/mol. The Morgan fingerprint density at radius 1 is 1.19 bits per heavy atom. The van der Waals surface area contributed by atoms with Crippen molar-refractivity contribution in [2.24, 2.45) is 0 Å². The van der Waals surface area contributed by atoms with Gasteiger partial charge in [-0.1, -0.05) is 41.4 Å². The van der Waals surface area contributed by atoms with Gasteiger partial charge in [-0.2, -0.15) is 13.9 Å². The summed E-state index contributed by atoms with van der Waals surface area (Å²) in [6.07, 6.45) is 1.69. The lowest BCUT2D eigenvalue weighted by Gasteiger charge is -2.10. The van der Waals surface area contributed by atoms with Crippen molar-refractivity contribution in [2.75, 3.05) is 5.32 Å². The molecule has 0 saturated carbocycles. The van der Waals surface area contributed by atoms with E-state index in [4.69, 9.17) is 11.6 Å². The van der Waals surface area contributed by atoms with Crippen molar-refractivity contribution in [1.82, 2.24) is 14.8 Å². The molecule has 0 atom stereocenters. The molecule has 2 aromatic heterocycles. The van der Waals surface area contributed by atoms with Gasteiger partial charge in [-0.25, -0.2) is 9.67 Å². The van der Waals surface area contributed by atoms with E-state index < -0.39 is 6.61 Å². The van der Waals surface area contributed by atoms with E-state index in [9.17, 15) is 13.6 Å². The fourth-order valence-electron chi connectivity index (χ4n) is 3.55. The molecular weight excluding hydrogens is 438 g/mol. The van der Waals surface area contributed by atoms with E-state index in [1.165, 1.54) is 22.9 Å². The van der Waals surface area contributed by atoms with Crippen LogP contribution in [0.1, 0.15) is 11.3 Å². The van der Waals surface area contributed by atoms with Crippen LogP contribution in [-0.4, -0.2) is 27.3 Å². The second-order valence-electron chi connectivity index (χ2n) is 7.24. The number of hydrogen-bond donors (Lipinski definition) is 1. The molecule has 164 valence electrons. The van der Waals surface area contributed by atoms with Crippen molar-refractivity contribution in [3.8, 4) is 16.9 Å². The molecule has 0 aliphatic heterocycles. The highest BCUT2D eigenvalue weighted by atomic mass is 35.5. The normalized spacial score (nSPS) is 11.2. The number of rotatable bonds is 6. The van der Waals surface area contributed by atoms with Crippen LogP contribution in [0, 0.1) is 13.8 Å². The Labute approximate surface area is 187 Å². The van der Waals surface area contributed by atoms with Crippen LogP contribution in [0.25, 0.3) is 22.2 Å². The van der Waals surface area contributed by atoms with Crippen molar-refractivity contribution in [2.45, 2.75) is 27.0 Å². The highest BCUT2D eigenvalue weighted by Gasteiger charge is 2.17. The average Bonchev–Trinajstić information content (AvgIpc) is 3.05. The van der Waals surface area contributed by atoms with Crippen LogP contribution >= 0.6 is 11.6 Å². The minimum Gasteiger partial charge on any atom is -0.433 e. The number of fused-ring (bicyclic) bond motifs is 1. The van der Waals surface area contributed by atoms with E-state index in [1.54, 1.807) is 6.20 Å². The van der Waals surface area contributed by atoms with Crippen LogP contribution in [-0.2, 0) is 11.3 Å². The summed E-state index contributed by atoms with van der Waals surface area (Å²) < 4.78 is 30.6. The van der Waals surface area contributed by atoms with Crippen molar-refractivity contribution in [1.29, 1.82) is 0 Å². The van der Waals surface area contributed by atoms with Crippen molar-refractivity contribution in [3.05, 3.63) is 71.0 Å². The summed E-state index contributed by atoms with van der Waals surface area (Å²) >= 11 is 5.95. The molecule has 0 spiro atoms. The van der Waals surface area contributed by atoms with E-state index in [0.717, 1.165) is 27.8 Å². The smallest absolute Gasteiger partial charge is 0.387 e. The second-order valence-corrected chi connectivity index (χ2v) is 7.65. The molecule has 0 bridgehead atoms. The maximum absolute atomic E-state index is 12.6. The summed E-state index contributed by atoms with van der Waals surface area (Å²) in [5.74, 6) is -0.531. The Bertz CT molecular complexity index is 1310. The number of carbonyl (C=O) groups is 1. The van der Waals surface area contributed by atoms with Gasteiger partial charge in [0.25, 0.3) is 0 Å². The maximum atomic E-state index is 12.6. The molecule has 0 fully saturated rings. The van der Waals surface area contributed by atoms with Gasteiger partial charge < -0.3 is 10.1 Å². The van der Waals surface area contributed by atoms with E-state index in [-0.39, 0.29) is 23.2 Å². The maximum Gasteiger partial charge on any atom is 0.387 e. The number of halogens is 3. The fourth-order valence-corrected chi connectivity index (χ4v) is 3.78. The first-order valence-electron chi connectivity index (χ1n) is 9.75. The summed E-state index contributed by atoms with van der Waals surface area (Å²) in [4.78, 5) is 17.1. The summed E-state index contributed by atoms with van der Waals surface area (Å²) in [6, 6.07) is 14.1. The van der Waals surface area contributed by atoms with E-state index >= 15 is 0 Å². The van der Waals surface area contributed by atoms with Crippen LogP contribution < -0.4 is 10.1 Å². The number of carbonyl (C=O) groups excluding carboxylic acids is 1. The Kier molecular flexibility index (Phi) is 6.05. The van der Waals surface area contributed by atoms with Crippen LogP contribution in [0.5, 0.6) is 5.75 Å². The SMILES string of the molecule is Cc1cccc(-c2ccnc3c2c(C)nn3CC(=O)Nc2ccc(OC(F)F)c(Cl)c2)c1. The van der Waals surface area contributed by atoms with Crippen molar-refractivity contribution < 1.29 is 18.3 Å². The van der Waals surface area contributed by atoms with Crippen molar-refractivity contribution in [3.63, 3.8) is 0 Å². The number of nitrogens with one attached hydrogen (secondary N) is 1. The largest absolute Gasteiger partial charge is 0.433 e. The Morgan fingerprint density at radius 3 is 2.72 bits per heavy atom. The molecule has 9 heteroatoms. The average molecular weight is 457 g/mol. The number of anilines is 1. The molecule has 32 heavy (non-hydrogen) atoms. The fraction of sp³-hybridized carbons (Fsp3) is 0.174. The van der Waals surface area contributed by atoms with Gasteiger partial charge in [0.05, 0.1) is 10.7 Å². The number of amides is 1. The molecule has 1 N–H and O–H groups in total. The standard InChI is InChI=1S/C23H19ClF2N4O2/c1-13-4-3-5-15(10-13)17-8-9-27-22-21(17)14(2)29-30(22)12-20(31)28-16-6-7-19(18(24)11-16)32-23(25)26/h3-11,23H,12H2,1-2H3,(H,28,31). The summed E-state index contributed by atoms with van der Waals surface area (Å²) in [5.41, 5.74) is 4.88. The molecule has 0 aliphatic rings. The summed E-state index contributed by atoms with van der Waals surface area (Å²) in [7, 11) is 0. The third-order valence-electron chi connectivity index (χ3n) is 4.86. The third kappa shape index (κ3) is 4.55. The summed E-state index contributed by atoms with van der Waals surface area (Å²) in [6.45, 7) is 0.836. The lowest BCUT2D eigenvalue weighted by molar-refractivity contribution is -0.116. The first kappa shape index (κ1) is 21.7. The minimum absolute atomic E-state index is 0.0343. The van der Waals surface area contributed by atoms with Gasteiger partial charge in [0.15, 0.2) is 5.65 Å². The third-order valence-corrected chi connectivity index (χ3v) is 5.16. The van der Waals surface area contributed by atoms with E-state index in [2.05, 4.69) is 26.2 Å². The first-order valence-corrected chi connectivity index (χ1v) is 10.1. The Balaban J connectivity index is 1.58. The zero-order valence-electron chi connectivity index (χ0n) is 17.3. The highest BCUT2D eigenvalue weighted by molar-refractivity contribution is 6.32. The molecular formula is C23H19ClF2N4O2. The quantitative estimate of drug-likeness (QED) is 0.409. The minimum atomic E-state index is -2.98. The zero-order chi connectivity index (χ0) is 22.8. The lowest BCUT2D eigenvalue weighted by atomic mass is 10.0. The number of aromatic nitrogens is 3. The second kappa shape index (κ2) is 8.92. The monoisotopic (exact) mass is 456 g/mol. The number of hydrogen-bond acceptors (Lipinski definition) is 4. The number of aryl methyl sites for hydroxylation is 2. The van der Waals surface area contributed by atoms with Crippen LogP contribution in [0.3, 0.4) is 0 Å².